The SMILES string of the molecule is COc1ccc(-c2c(CNC(=O)[C@@H](OC(=O)NC(C)(C)C)C(C)C)nc3c(-c4ccccc4)c(-c4ccccc4)[nH]n3c2=O)cc1. The normalized spacial score (nSPS) is 12.2. The van der Waals surface area contributed by atoms with Gasteiger partial charge in [-0.3, -0.25) is 14.7 Å². The molecule has 10 heteroatoms. The van der Waals surface area contributed by atoms with Gasteiger partial charge >= 0.3 is 6.09 Å². The molecule has 0 aliphatic carbocycles. The Kier molecular flexibility index (Phi) is 9.27. The summed E-state index contributed by atoms with van der Waals surface area (Å²) in [5.74, 6) is -0.171. The van der Waals surface area contributed by atoms with Crippen LogP contribution in [0.5, 0.6) is 5.75 Å². The first-order chi connectivity index (χ1) is 22.0. The number of aromatic nitrogens is 3. The molecule has 0 fully saturated rings. The first-order valence-corrected chi connectivity index (χ1v) is 15.2. The van der Waals surface area contributed by atoms with Crippen molar-refractivity contribution >= 4 is 17.6 Å². The number of nitrogens with zero attached hydrogens (tertiary/aromatic N) is 2. The van der Waals surface area contributed by atoms with Crippen molar-refractivity contribution in [2.45, 2.75) is 52.8 Å². The number of hydrogen-bond donors (Lipinski definition) is 3. The van der Waals surface area contributed by atoms with Crippen LogP contribution in [0.15, 0.2) is 89.7 Å². The molecule has 46 heavy (non-hydrogen) atoms. The Labute approximate surface area is 267 Å². The molecule has 1 atom stereocenters. The number of nitrogens with one attached hydrogen (secondary N) is 3. The molecule has 0 aliphatic heterocycles. The average Bonchev–Trinajstić information content (AvgIpc) is 3.42. The second-order valence-corrected chi connectivity index (χ2v) is 12.4. The fourth-order valence-corrected chi connectivity index (χ4v) is 5.20. The van der Waals surface area contributed by atoms with Crippen LogP contribution < -0.4 is 20.9 Å². The molecule has 0 bridgehead atoms. The molecule has 0 spiro atoms. The number of fused-ring (bicyclic) bond motifs is 1. The Morgan fingerprint density at radius 1 is 0.870 bits per heavy atom. The number of alkyl carbamates (subject to hydrolysis) is 1. The predicted octanol–water partition coefficient (Wildman–Crippen LogP) is 6.20. The molecular formula is C36H39N5O5. The summed E-state index contributed by atoms with van der Waals surface area (Å²) in [6.07, 6.45) is -1.75. The molecule has 2 amide bonds. The van der Waals surface area contributed by atoms with Gasteiger partial charge in [0.1, 0.15) is 5.75 Å². The lowest BCUT2D eigenvalue weighted by molar-refractivity contribution is -0.131. The highest BCUT2D eigenvalue weighted by molar-refractivity contribution is 5.91. The lowest BCUT2D eigenvalue weighted by Crippen LogP contribution is -2.47. The molecule has 3 N–H and O–H groups in total. The van der Waals surface area contributed by atoms with E-state index < -0.39 is 23.6 Å². The Bertz CT molecular complexity index is 1890. The molecule has 5 aromatic rings. The molecule has 5 rings (SSSR count). The quantitative estimate of drug-likeness (QED) is 0.180. The Morgan fingerprint density at radius 2 is 1.46 bits per heavy atom. The average molecular weight is 622 g/mol. The van der Waals surface area contributed by atoms with E-state index in [1.54, 1.807) is 45.2 Å². The number of carbonyl (C=O) groups is 2. The molecule has 0 saturated heterocycles. The van der Waals surface area contributed by atoms with E-state index in [1.807, 2.05) is 81.4 Å². The molecule has 0 unspecified atom stereocenters. The fraction of sp³-hybridized carbons (Fsp3) is 0.278. The van der Waals surface area contributed by atoms with Gasteiger partial charge in [0.05, 0.1) is 36.2 Å². The van der Waals surface area contributed by atoms with Crippen molar-refractivity contribution in [2.24, 2.45) is 5.92 Å². The highest BCUT2D eigenvalue weighted by Crippen LogP contribution is 2.35. The fourth-order valence-electron chi connectivity index (χ4n) is 5.20. The number of rotatable bonds is 9. The molecule has 2 heterocycles. The van der Waals surface area contributed by atoms with Crippen LogP contribution in [0.25, 0.3) is 39.2 Å². The van der Waals surface area contributed by atoms with Crippen LogP contribution in [-0.4, -0.2) is 45.4 Å². The molecule has 10 nitrogen and oxygen atoms in total. The molecule has 0 saturated carbocycles. The van der Waals surface area contributed by atoms with E-state index in [4.69, 9.17) is 14.5 Å². The maximum atomic E-state index is 14.4. The molecular weight excluding hydrogens is 582 g/mol. The number of hydrogen-bond acceptors (Lipinski definition) is 6. The van der Waals surface area contributed by atoms with E-state index in [2.05, 4.69) is 15.7 Å². The molecule has 2 aromatic heterocycles. The number of carbonyl (C=O) groups excluding carboxylic acids is 2. The summed E-state index contributed by atoms with van der Waals surface area (Å²) in [5, 5.41) is 8.92. The molecule has 0 aliphatic rings. The minimum atomic E-state index is -1.06. The first-order valence-electron chi connectivity index (χ1n) is 15.2. The second-order valence-electron chi connectivity index (χ2n) is 12.4. The smallest absolute Gasteiger partial charge is 0.408 e. The Balaban J connectivity index is 1.63. The second kappa shape index (κ2) is 13.3. The van der Waals surface area contributed by atoms with Crippen LogP contribution in [0.1, 0.15) is 40.3 Å². The van der Waals surface area contributed by atoms with E-state index in [1.165, 1.54) is 4.52 Å². The van der Waals surface area contributed by atoms with Crippen molar-refractivity contribution in [3.8, 4) is 39.3 Å². The molecule has 3 aromatic carbocycles. The van der Waals surface area contributed by atoms with Crippen molar-refractivity contribution in [3.63, 3.8) is 0 Å². The zero-order valence-corrected chi connectivity index (χ0v) is 26.9. The van der Waals surface area contributed by atoms with Crippen LogP contribution in [0.3, 0.4) is 0 Å². The number of amides is 2. The summed E-state index contributed by atoms with van der Waals surface area (Å²) in [4.78, 5) is 45.4. The highest BCUT2D eigenvalue weighted by Gasteiger charge is 2.29. The van der Waals surface area contributed by atoms with Gasteiger partial charge in [0.25, 0.3) is 11.5 Å². The summed E-state index contributed by atoms with van der Waals surface area (Å²) in [7, 11) is 1.57. The Hall–Kier alpha value is -5.38. The molecule has 238 valence electrons. The maximum absolute atomic E-state index is 14.4. The number of methoxy groups -OCH3 is 1. The zero-order chi connectivity index (χ0) is 33.0. The standard InChI is InChI=1S/C36H39N5O5/c1-22(2)31(46-35(44)39-36(3,4)5)33(42)37-21-27-28(24-17-19-26(45-6)20-18-24)34(43)41-32(38-27)29(23-13-9-7-10-14-23)30(40-41)25-15-11-8-12-16-25/h7-20,22,31,40H,21H2,1-6H3,(H,37,42)(H,39,44)/t31-/m0/s1. The van der Waals surface area contributed by atoms with Gasteiger partial charge in [0.2, 0.25) is 0 Å². The van der Waals surface area contributed by atoms with Crippen molar-refractivity contribution < 1.29 is 19.1 Å². The van der Waals surface area contributed by atoms with Crippen LogP contribution in [0.2, 0.25) is 0 Å². The van der Waals surface area contributed by atoms with Gasteiger partial charge in [-0.05, 0) is 49.9 Å². The highest BCUT2D eigenvalue weighted by atomic mass is 16.6. The van der Waals surface area contributed by atoms with E-state index in [0.29, 0.717) is 28.2 Å². The zero-order valence-electron chi connectivity index (χ0n) is 26.9. The van der Waals surface area contributed by atoms with Crippen LogP contribution in [0.4, 0.5) is 4.79 Å². The maximum Gasteiger partial charge on any atom is 0.408 e. The van der Waals surface area contributed by atoms with Gasteiger partial charge in [-0.15, -0.1) is 0 Å². The predicted molar refractivity (Wildman–Crippen MR) is 179 cm³/mol. The van der Waals surface area contributed by atoms with Crippen molar-refractivity contribution in [2.75, 3.05) is 7.11 Å². The van der Waals surface area contributed by atoms with Gasteiger partial charge in [-0.25, -0.2) is 9.78 Å². The van der Waals surface area contributed by atoms with Gasteiger partial charge in [0, 0.05) is 11.1 Å². The third-order valence-electron chi connectivity index (χ3n) is 7.36. The van der Waals surface area contributed by atoms with Gasteiger partial charge in [-0.2, -0.15) is 4.52 Å². The Morgan fingerprint density at radius 3 is 2.02 bits per heavy atom. The largest absolute Gasteiger partial charge is 0.497 e. The summed E-state index contributed by atoms with van der Waals surface area (Å²) in [5.41, 5.74) is 4.07. The lowest BCUT2D eigenvalue weighted by Gasteiger charge is -2.25. The minimum absolute atomic E-state index is 0.0838. The number of H-pyrrole nitrogens is 1. The third kappa shape index (κ3) is 6.96. The molecule has 0 radical (unpaired) electrons. The van der Waals surface area contributed by atoms with E-state index in [0.717, 1.165) is 22.4 Å². The third-order valence-corrected chi connectivity index (χ3v) is 7.36. The van der Waals surface area contributed by atoms with Crippen molar-refractivity contribution in [1.82, 2.24) is 25.2 Å². The number of ether oxygens (including phenoxy) is 2. The van der Waals surface area contributed by atoms with Crippen LogP contribution >= 0.6 is 0 Å². The van der Waals surface area contributed by atoms with Crippen LogP contribution in [-0.2, 0) is 16.1 Å². The number of aromatic amines is 1. The summed E-state index contributed by atoms with van der Waals surface area (Å²) in [6, 6.07) is 26.6. The van der Waals surface area contributed by atoms with Crippen molar-refractivity contribution in [1.29, 1.82) is 0 Å². The van der Waals surface area contributed by atoms with Crippen LogP contribution in [0, 0.1) is 5.92 Å². The van der Waals surface area contributed by atoms with Gasteiger partial charge in [0.15, 0.2) is 11.8 Å². The number of benzene rings is 3. The summed E-state index contributed by atoms with van der Waals surface area (Å²) >= 11 is 0. The van der Waals surface area contributed by atoms with E-state index in [9.17, 15) is 14.4 Å². The van der Waals surface area contributed by atoms with Crippen molar-refractivity contribution in [3.05, 3.63) is 101 Å². The van der Waals surface area contributed by atoms with Gasteiger partial charge in [-0.1, -0.05) is 86.6 Å². The summed E-state index contributed by atoms with van der Waals surface area (Å²) < 4.78 is 12.3. The minimum Gasteiger partial charge on any atom is -0.497 e. The topological polar surface area (TPSA) is 127 Å². The first kappa shape index (κ1) is 32.0. The van der Waals surface area contributed by atoms with E-state index >= 15 is 0 Å². The summed E-state index contributed by atoms with van der Waals surface area (Å²) in [6.45, 7) is 8.99. The lowest BCUT2D eigenvalue weighted by atomic mass is 10.0. The van der Waals surface area contributed by atoms with E-state index in [-0.39, 0.29) is 18.0 Å². The van der Waals surface area contributed by atoms with Gasteiger partial charge < -0.3 is 20.1 Å². The monoisotopic (exact) mass is 621 g/mol.